The van der Waals surface area contributed by atoms with E-state index in [1.165, 1.54) is 0 Å². The molecule has 0 fully saturated rings. The summed E-state index contributed by atoms with van der Waals surface area (Å²) < 4.78 is 0. The molecule has 0 radical (unpaired) electrons. The van der Waals surface area contributed by atoms with Crippen molar-refractivity contribution >= 4 is 66.8 Å². The molecule has 18 heteroatoms. The van der Waals surface area contributed by atoms with Crippen molar-refractivity contribution in [3.05, 3.63) is 0 Å². The third kappa shape index (κ3) is 13.6. The van der Waals surface area contributed by atoms with E-state index in [4.69, 9.17) is 27.4 Å². The minimum absolute atomic E-state index is 0.0144. The monoisotopic (exact) mass is 552 g/mol. The Morgan fingerprint density at radius 1 is 0.833 bits per heavy atom. The van der Waals surface area contributed by atoms with Gasteiger partial charge in [0.1, 0.15) is 18.1 Å². The highest BCUT2D eigenvalue weighted by atomic mass is 32.1. The lowest BCUT2D eigenvalue weighted by molar-refractivity contribution is -0.141. The molecule has 0 aromatic rings. The maximum atomic E-state index is 12.5. The summed E-state index contributed by atoms with van der Waals surface area (Å²) in [6.45, 7) is -0.561. The quantitative estimate of drug-likeness (QED) is 0.0353. The number of aliphatic carboxylic acids is 2. The number of carbonyl (C=O) groups excluding carboxylic acids is 4. The third-order valence-corrected chi connectivity index (χ3v) is 5.12. The van der Waals surface area contributed by atoms with Gasteiger partial charge in [0, 0.05) is 18.1 Å². The predicted molar refractivity (Wildman–Crippen MR) is 134 cm³/mol. The second-order valence-electron chi connectivity index (χ2n) is 7.32. The molecule has 0 aliphatic heterocycles. The number of guanidine groups is 1. The van der Waals surface area contributed by atoms with Gasteiger partial charge in [-0.25, -0.2) is 4.79 Å². The van der Waals surface area contributed by atoms with Gasteiger partial charge in [0.05, 0.1) is 19.0 Å². The van der Waals surface area contributed by atoms with Crippen LogP contribution < -0.4 is 38.5 Å². The summed E-state index contributed by atoms with van der Waals surface area (Å²) >= 11 is 7.71. The van der Waals surface area contributed by atoms with Crippen LogP contribution >= 0.6 is 25.3 Å². The molecular weight excluding hydrogens is 520 g/mol. The van der Waals surface area contributed by atoms with Crippen LogP contribution in [0.1, 0.15) is 19.3 Å². The molecule has 12 N–H and O–H groups in total. The lowest BCUT2D eigenvalue weighted by Crippen LogP contribution is -2.55. The molecule has 4 amide bonds. The molecule has 0 aliphatic rings. The number of carbonyl (C=O) groups is 6. The molecule has 0 aromatic heterocycles. The first-order valence-electron chi connectivity index (χ1n) is 10.5. The zero-order chi connectivity index (χ0) is 27.8. The first-order valence-corrected chi connectivity index (χ1v) is 11.7. The van der Waals surface area contributed by atoms with Crippen molar-refractivity contribution in [3.8, 4) is 0 Å². The summed E-state index contributed by atoms with van der Waals surface area (Å²) in [5.41, 5.74) is 16.0. The van der Waals surface area contributed by atoms with Crippen LogP contribution in [-0.4, -0.2) is 101 Å². The molecule has 0 unspecified atom stereocenters. The fourth-order valence-corrected chi connectivity index (χ4v) is 2.92. The topological polar surface area (TPSA) is 281 Å². The largest absolute Gasteiger partial charge is 0.481 e. The van der Waals surface area contributed by atoms with Crippen LogP contribution in [0, 0.1) is 0 Å². The zero-order valence-corrected chi connectivity index (χ0v) is 21.0. The Balaban J connectivity index is 5.22. The molecule has 0 saturated heterocycles. The Bertz CT molecular complexity index is 840. The molecule has 204 valence electrons. The Morgan fingerprint density at radius 3 is 1.94 bits per heavy atom. The number of hydrogen-bond acceptors (Lipinski definition) is 10. The van der Waals surface area contributed by atoms with Gasteiger partial charge < -0.3 is 48.7 Å². The SMILES string of the molecule is NC(N)=NCCC[C@H](NC(=O)CNC(=O)[C@@H](CC(=O)O)NC(=O)[C@@H](N)CS)C(=O)N[C@@H](CS)C(=O)O. The van der Waals surface area contributed by atoms with E-state index < -0.39 is 72.7 Å². The molecule has 36 heavy (non-hydrogen) atoms. The standard InChI is InChI=1S/C18H32N8O8S2/c19-8(6-35)14(30)25-10(4-13(28)29)15(31)23-5-12(27)24-9(2-1-3-22-18(20)21)16(32)26-11(7-36)17(33)34/h8-11,35-36H,1-7,19H2,(H,23,31)(H,24,27)(H,25,30)(H,26,32)(H,28,29)(H,33,34)(H4,20,21,22)/t8-,9-,10+,11-/m0/s1. The first kappa shape index (κ1) is 32.8. The van der Waals surface area contributed by atoms with Crippen molar-refractivity contribution < 1.29 is 39.0 Å². The van der Waals surface area contributed by atoms with Crippen LogP contribution in [0.5, 0.6) is 0 Å². The number of amides is 4. The van der Waals surface area contributed by atoms with E-state index in [9.17, 15) is 28.8 Å². The van der Waals surface area contributed by atoms with Crippen molar-refractivity contribution in [3.63, 3.8) is 0 Å². The number of hydrogen-bond donors (Lipinski definition) is 11. The van der Waals surface area contributed by atoms with Gasteiger partial charge in [0.15, 0.2) is 5.96 Å². The summed E-state index contributed by atoms with van der Waals surface area (Å²) in [6.07, 6.45) is -0.533. The van der Waals surface area contributed by atoms with Crippen LogP contribution in [0.4, 0.5) is 0 Å². The number of nitrogens with zero attached hydrogens (tertiary/aromatic N) is 1. The van der Waals surface area contributed by atoms with Gasteiger partial charge >= 0.3 is 11.9 Å². The fourth-order valence-electron chi connectivity index (χ4n) is 2.51. The highest BCUT2D eigenvalue weighted by molar-refractivity contribution is 7.80. The van der Waals surface area contributed by atoms with Crippen molar-refractivity contribution in [2.75, 3.05) is 24.6 Å². The molecule has 0 rings (SSSR count). The molecule has 0 saturated carbocycles. The first-order chi connectivity index (χ1) is 16.8. The highest BCUT2D eigenvalue weighted by Crippen LogP contribution is 2.01. The second-order valence-corrected chi connectivity index (χ2v) is 8.05. The summed E-state index contributed by atoms with van der Waals surface area (Å²) in [5.74, 6) is -6.64. The van der Waals surface area contributed by atoms with E-state index in [-0.39, 0.29) is 36.9 Å². The van der Waals surface area contributed by atoms with Crippen LogP contribution in [-0.2, 0) is 28.8 Å². The second kappa shape index (κ2) is 17.2. The van der Waals surface area contributed by atoms with Crippen molar-refractivity contribution in [1.29, 1.82) is 0 Å². The Labute approximate surface area is 217 Å². The average molecular weight is 553 g/mol. The van der Waals surface area contributed by atoms with Crippen molar-refractivity contribution in [1.82, 2.24) is 21.3 Å². The Kier molecular flexibility index (Phi) is 15.7. The van der Waals surface area contributed by atoms with E-state index in [1.807, 2.05) is 0 Å². The maximum Gasteiger partial charge on any atom is 0.327 e. The summed E-state index contributed by atoms with van der Waals surface area (Å²) in [7, 11) is 0. The van der Waals surface area contributed by atoms with Gasteiger partial charge in [0.2, 0.25) is 23.6 Å². The van der Waals surface area contributed by atoms with E-state index in [0.29, 0.717) is 0 Å². The van der Waals surface area contributed by atoms with Gasteiger partial charge in [-0.1, -0.05) is 0 Å². The summed E-state index contributed by atoms with van der Waals surface area (Å²) in [4.78, 5) is 75.2. The Morgan fingerprint density at radius 2 is 1.44 bits per heavy atom. The smallest absolute Gasteiger partial charge is 0.327 e. The van der Waals surface area contributed by atoms with E-state index in [2.05, 4.69) is 51.5 Å². The third-order valence-electron chi connectivity index (χ3n) is 4.36. The van der Waals surface area contributed by atoms with E-state index >= 15 is 0 Å². The number of nitrogens with one attached hydrogen (secondary N) is 4. The summed E-state index contributed by atoms with van der Waals surface area (Å²) in [5, 5.41) is 27.0. The molecule has 16 nitrogen and oxygen atoms in total. The number of nitrogens with two attached hydrogens (primary N) is 3. The molecule has 0 spiro atoms. The average Bonchev–Trinajstić information content (AvgIpc) is 2.80. The number of carboxylic acids is 2. The molecule has 0 aromatic carbocycles. The Hall–Kier alpha value is -3.25. The van der Waals surface area contributed by atoms with Crippen LogP contribution in [0.25, 0.3) is 0 Å². The van der Waals surface area contributed by atoms with Gasteiger partial charge in [-0.2, -0.15) is 25.3 Å². The van der Waals surface area contributed by atoms with Gasteiger partial charge in [-0.15, -0.1) is 0 Å². The van der Waals surface area contributed by atoms with E-state index in [0.717, 1.165) is 0 Å². The molecule has 0 bridgehead atoms. The summed E-state index contributed by atoms with van der Waals surface area (Å²) in [6, 6.07) is -5.15. The number of rotatable bonds is 17. The van der Waals surface area contributed by atoms with Crippen LogP contribution in [0.2, 0.25) is 0 Å². The van der Waals surface area contributed by atoms with E-state index in [1.54, 1.807) is 0 Å². The molecule has 4 atom stereocenters. The normalized spacial score (nSPS) is 13.8. The molecule has 0 aliphatic carbocycles. The molecule has 0 heterocycles. The molecular formula is C18H32N8O8S2. The van der Waals surface area contributed by atoms with Crippen LogP contribution in [0.15, 0.2) is 4.99 Å². The zero-order valence-electron chi connectivity index (χ0n) is 19.2. The van der Waals surface area contributed by atoms with Crippen LogP contribution in [0.3, 0.4) is 0 Å². The van der Waals surface area contributed by atoms with Gasteiger partial charge in [0.25, 0.3) is 0 Å². The lowest BCUT2D eigenvalue weighted by Gasteiger charge is -2.21. The maximum absolute atomic E-state index is 12.5. The number of thiol groups is 2. The predicted octanol–water partition coefficient (Wildman–Crippen LogP) is -4.64. The fraction of sp³-hybridized carbons (Fsp3) is 0.611. The van der Waals surface area contributed by atoms with Gasteiger partial charge in [-0.05, 0) is 12.8 Å². The van der Waals surface area contributed by atoms with Gasteiger partial charge in [-0.3, -0.25) is 29.0 Å². The minimum atomic E-state index is -1.53. The number of aliphatic imine (C=N–C) groups is 1. The minimum Gasteiger partial charge on any atom is -0.481 e. The highest BCUT2D eigenvalue weighted by Gasteiger charge is 2.28. The van der Waals surface area contributed by atoms with Crippen molar-refractivity contribution in [2.24, 2.45) is 22.2 Å². The number of carboxylic acid groups (broad SMARTS) is 2. The van der Waals surface area contributed by atoms with Crippen molar-refractivity contribution in [2.45, 2.75) is 43.4 Å². The lowest BCUT2D eigenvalue weighted by atomic mass is 10.1.